The van der Waals surface area contributed by atoms with Crippen LogP contribution in [0.1, 0.15) is 49.3 Å². The van der Waals surface area contributed by atoms with Crippen LogP contribution in [-0.2, 0) is 0 Å². The minimum atomic E-state index is 0.775. The van der Waals surface area contributed by atoms with E-state index >= 15 is 0 Å². The fourth-order valence-electron chi connectivity index (χ4n) is 3.92. The normalized spacial score (nSPS) is 15.2. The molecule has 0 N–H and O–H groups in total. The van der Waals surface area contributed by atoms with E-state index in [0.29, 0.717) is 0 Å². The molecule has 0 amide bonds. The van der Waals surface area contributed by atoms with Crippen molar-refractivity contribution in [2.75, 3.05) is 0 Å². The topological polar surface area (TPSA) is 0 Å². The number of allylic oxidation sites excluding steroid dienone is 2. The van der Waals surface area contributed by atoms with Gasteiger partial charge in [0.15, 0.2) is 0 Å². The molecule has 0 nitrogen and oxygen atoms in total. The Labute approximate surface area is 160 Å². The SMILES string of the molecule is CC1=C(c2c(/C=C/c3ccc(Cl)cc3)ccc3ccccc23)CCCC1. The number of hydrogen-bond donors (Lipinski definition) is 0. The van der Waals surface area contributed by atoms with E-state index in [1.807, 2.05) is 12.1 Å². The predicted octanol–water partition coefficient (Wildman–Crippen LogP) is 8.01. The van der Waals surface area contributed by atoms with E-state index in [0.717, 1.165) is 5.02 Å². The van der Waals surface area contributed by atoms with Crippen LogP contribution < -0.4 is 0 Å². The second-order valence-corrected chi connectivity index (χ2v) is 7.54. The number of rotatable bonds is 3. The largest absolute Gasteiger partial charge is 0.0843 e. The van der Waals surface area contributed by atoms with E-state index in [-0.39, 0.29) is 0 Å². The van der Waals surface area contributed by atoms with Crippen LogP contribution in [0.25, 0.3) is 28.5 Å². The van der Waals surface area contributed by atoms with Gasteiger partial charge in [-0.15, -0.1) is 0 Å². The molecule has 0 aromatic heterocycles. The Morgan fingerprint density at radius 3 is 2.38 bits per heavy atom. The molecule has 0 heterocycles. The maximum absolute atomic E-state index is 6.01. The lowest BCUT2D eigenvalue weighted by Gasteiger charge is -2.21. The molecule has 0 unspecified atom stereocenters. The van der Waals surface area contributed by atoms with Gasteiger partial charge in [-0.3, -0.25) is 0 Å². The smallest absolute Gasteiger partial charge is 0.0406 e. The third-order valence-corrected chi connectivity index (χ3v) is 5.58. The third kappa shape index (κ3) is 3.48. The van der Waals surface area contributed by atoms with Crippen LogP contribution in [0.4, 0.5) is 0 Å². The Hall–Kier alpha value is -2.31. The molecule has 26 heavy (non-hydrogen) atoms. The lowest BCUT2D eigenvalue weighted by Crippen LogP contribution is -2.00. The van der Waals surface area contributed by atoms with Crippen LogP contribution >= 0.6 is 11.6 Å². The molecule has 0 spiro atoms. The first-order chi connectivity index (χ1) is 12.7. The van der Waals surface area contributed by atoms with Crippen molar-refractivity contribution in [1.82, 2.24) is 0 Å². The molecular weight excluding hydrogens is 336 g/mol. The second kappa shape index (κ2) is 7.51. The Balaban J connectivity index is 1.86. The first kappa shape index (κ1) is 17.1. The second-order valence-electron chi connectivity index (χ2n) is 7.10. The van der Waals surface area contributed by atoms with Gasteiger partial charge in [0.1, 0.15) is 0 Å². The van der Waals surface area contributed by atoms with E-state index < -0.39 is 0 Å². The quantitative estimate of drug-likeness (QED) is 0.416. The van der Waals surface area contributed by atoms with Gasteiger partial charge in [-0.05, 0) is 77.8 Å². The van der Waals surface area contributed by atoms with Gasteiger partial charge in [-0.1, -0.05) is 77.9 Å². The first-order valence-electron chi connectivity index (χ1n) is 9.37. The Kier molecular flexibility index (Phi) is 4.95. The summed E-state index contributed by atoms with van der Waals surface area (Å²) in [6.45, 7) is 2.31. The van der Waals surface area contributed by atoms with Crippen molar-refractivity contribution in [3.05, 3.63) is 87.9 Å². The van der Waals surface area contributed by atoms with Gasteiger partial charge in [-0.2, -0.15) is 0 Å². The van der Waals surface area contributed by atoms with E-state index in [9.17, 15) is 0 Å². The Morgan fingerprint density at radius 1 is 0.808 bits per heavy atom. The van der Waals surface area contributed by atoms with E-state index in [1.54, 1.807) is 11.1 Å². The van der Waals surface area contributed by atoms with Crippen molar-refractivity contribution in [3.8, 4) is 0 Å². The molecule has 130 valence electrons. The highest BCUT2D eigenvalue weighted by atomic mass is 35.5. The molecule has 1 heteroatoms. The van der Waals surface area contributed by atoms with Gasteiger partial charge < -0.3 is 0 Å². The zero-order chi connectivity index (χ0) is 17.9. The van der Waals surface area contributed by atoms with Gasteiger partial charge in [0, 0.05) is 5.02 Å². The van der Waals surface area contributed by atoms with Crippen molar-refractivity contribution in [2.24, 2.45) is 0 Å². The average molecular weight is 359 g/mol. The summed E-state index contributed by atoms with van der Waals surface area (Å²) in [6, 6.07) is 21.2. The van der Waals surface area contributed by atoms with Crippen molar-refractivity contribution in [3.63, 3.8) is 0 Å². The molecule has 3 aromatic rings. The summed E-state index contributed by atoms with van der Waals surface area (Å²) in [5.74, 6) is 0. The predicted molar refractivity (Wildman–Crippen MR) is 115 cm³/mol. The molecular formula is C25H23Cl. The lowest BCUT2D eigenvalue weighted by atomic mass is 9.83. The number of fused-ring (bicyclic) bond motifs is 1. The van der Waals surface area contributed by atoms with E-state index in [1.165, 1.54) is 53.1 Å². The highest BCUT2D eigenvalue weighted by Crippen LogP contribution is 2.38. The van der Waals surface area contributed by atoms with Gasteiger partial charge in [-0.25, -0.2) is 0 Å². The van der Waals surface area contributed by atoms with E-state index in [2.05, 4.69) is 67.6 Å². The third-order valence-electron chi connectivity index (χ3n) is 5.33. The van der Waals surface area contributed by atoms with Crippen LogP contribution in [0.2, 0.25) is 5.02 Å². The molecule has 0 bridgehead atoms. The summed E-state index contributed by atoms with van der Waals surface area (Å²) in [5.41, 5.74) is 6.99. The molecule has 1 aliphatic carbocycles. The van der Waals surface area contributed by atoms with Gasteiger partial charge >= 0.3 is 0 Å². The summed E-state index contributed by atoms with van der Waals surface area (Å²) >= 11 is 6.01. The zero-order valence-electron chi connectivity index (χ0n) is 15.1. The monoisotopic (exact) mass is 358 g/mol. The maximum Gasteiger partial charge on any atom is 0.0406 e. The van der Waals surface area contributed by atoms with Crippen molar-refractivity contribution < 1.29 is 0 Å². The van der Waals surface area contributed by atoms with Crippen molar-refractivity contribution in [1.29, 1.82) is 0 Å². The van der Waals surface area contributed by atoms with Gasteiger partial charge in [0.25, 0.3) is 0 Å². The lowest BCUT2D eigenvalue weighted by molar-refractivity contribution is 0.714. The number of hydrogen-bond acceptors (Lipinski definition) is 0. The van der Waals surface area contributed by atoms with Crippen molar-refractivity contribution >= 4 is 40.1 Å². The zero-order valence-corrected chi connectivity index (χ0v) is 15.9. The van der Waals surface area contributed by atoms with Crippen molar-refractivity contribution in [2.45, 2.75) is 32.6 Å². The van der Waals surface area contributed by atoms with Gasteiger partial charge in [0.05, 0.1) is 0 Å². The molecule has 0 radical (unpaired) electrons. The fourth-order valence-corrected chi connectivity index (χ4v) is 4.04. The summed E-state index contributed by atoms with van der Waals surface area (Å²) in [7, 11) is 0. The molecule has 0 atom stereocenters. The number of benzene rings is 3. The first-order valence-corrected chi connectivity index (χ1v) is 9.74. The Morgan fingerprint density at radius 2 is 1.58 bits per heavy atom. The Bertz CT molecular complexity index is 990. The summed E-state index contributed by atoms with van der Waals surface area (Å²) in [6.07, 6.45) is 9.44. The number of halogens is 1. The van der Waals surface area contributed by atoms with Crippen LogP contribution in [0.5, 0.6) is 0 Å². The van der Waals surface area contributed by atoms with Crippen LogP contribution in [0.3, 0.4) is 0 Å². The highest BCUT2D eigenvalue weighted by Gasteiger charge is 2.16. The van der Waals surface area contributed by atoms with Crippen LogP contribution in [-0.4, -0.2) is 0 Å². The maximum atomic E-state index is 6.01. The molecule has 0 aliphatic heterocycles. The molecule has 0 saturated carbocycles. The minimum Gasteiger partial charge on any atom is -0.0843 e. The van der Waals surface area contributed by atoms with Crippen LogP contribution in [0.15, 0.2) is 66.2 Å². The molecule has 4 rings (SSSR count). The summed E-state index contributed by atoms with van der Waals surface area (Å²) < 4.78 is 0. The molecule has 0 fully saturated rings. The summed E-state index contributed by atoms with van der Waals surface area (Å²) in [4.78, 5) is 0. The van der Waals surface area contributed by atoms with Gasteiger partial charge in [0.2, 0.25) is 0 Å². The standard InChI is InChI=1S/C25H23Cl/c1-18-6-2-4-8-23(18)25-21(13-10-19-11-16-22(26)17-12-19)15-14-20-7-3-5-9-24(20)25/h3,5,7,9-17H,2,4,6,8H2,1H3/b13-10+. The van der Waals surface area contributed by atoms with E-state index in [4.69, 9.17) is 11.6 Å². The molecule has 0 saturated heterocycles. The average Bonchev–Trinajstić information content (AvgIpc) is 2.68. The highest BCUT2D eigenvalue weighted by molar-refractivity contribution is 6.30. The minimum absolute atomic E-state index is 0.775. The molecule has 3 aromatic carbocycles. The molecule has 1 aliphatic rings. The van der Waals surface area contributed by atoms with Crippen LogP contribution in [0, 0.1) is 0 Å². The summed E-state index contributed by atoms with van der Waals surface area (Å²) in [5, 5.41) is 3.45. The fraction of sp³-hybridized carbons (Fsp3) is 0.200.